The molecule has 37 heavy (non-hydrogen) atoms. The lowest BCUT2D eigenvalue weighted by Crippen LogP contribution is -2.66. The van der Waals surface area contributed by atoms with Crippen molar-refractivity contribution in [1.29, 1.82) is 0 Å². The van der Waals surface area contributed by atoms with Crippen LogP contribution in [0.5, 0.6) is 0 Å². The number of carboxylic acids is 8. The Kier molecular flexibility index (Phi) is 7.28. The summed E-state index contributed by atoms with van der Waals surface area (Å²) in [5.74, 6) is -18.3. The predicted molar refractivity (Wildman–Crippen MR) is 107 cm³/mol. The van der Waals surface area contributed by atoms with Crippen LogP contribution in [0.15, 0.2) is 0 Å². The average molecular weight is 534 g/mol. The van der Waals surface area contributed by atoms with Crippen LogP contribution in [0.4, 0.5) is 0 Å². The molecule has 17 nitrogen and oxygen atoms in total. The molecule has 2 fully saturated rings. The van der Waals surface area contributed by atoms with Crippen LogP contribution in [0.1, 0.15) is 38.5 Å². The van der Waals surface area contributed by atoms with Crippen molar-refractivity contribution in [1.82, 2.24) is 0 Å². The molecule has 0 aromatic rings. The number of carboxylic acid groups (broad SMARTS) is 8. The minimum Gasteiger partial charge on any atom is -0.480 e. The third-order valence-corrected chi connectivity index (χ3v) is 7.51. The fourth-order valence-corrected chi connectivity index (χ4v) is 5.53. The quantitative estimate of drug-likeness (QED) is 0.151. The zero-order chi connectivity index (χ0) is 28.7. The lowest BCUT2D eigenvalue weighted by atomic mass is 9.54. The van der Waals surface area contributed by atoms with Crippen molar-refractivity contribution >= 4 is 47.8 Å². The van der Waals surface area contributed by atoms with Gasteiger partial charge in [0.1, 0.15) is 0 Å². The maximum Gasteiger partial charge on any atom is 0.322 e. The van der Waals surface area contributed by atoms with Crippen LogP contribution in [-0.2, 0) is 43.1 Å². The molecule has 8 N–H and O–H groups in total. The van der Waals surface area contributed by atoms with Gasteiger partial charge in [-0.15, -0.1) is 0 Å². The van der Waals surface area contributed by atoms with Gasteiger partial charge in [-0.05, 0) is 25.7 Å². The molecular weight excluding hydrogens is 512 g/mol. The first-order chi connectivity index (χ1) is 16.9. The Morgan fingerprint density at radius 2 is 0.649 bits per heavy atom. The average Bonchev–Trinajstić information content (AvgIpc) is 2.77. The van der Waals surface area contributed by atoms with Crippen molar-refractivity contribution in [3.63, 3.8) is 0 Å². The van der Waals surface area contributed by atoms with Crippen LogP contribution in [-0.4, -0.2) is 101 Å². The van der Waals surface area contributed by atoms with E-state index in [4.69, 9.17) is 4.74 Å². The Balaban J connectivity index is 2.55. The molecule has 2 saturated carbocycles. The standard InChI is InChI=1S/C20H22O17/c21-9(22)17(10(23)24)3-1-7(5-19(17,13(29)30)14(31)32)37-8-2-4-18(11(25)26,12(27)28)20(6-8,15(33)34)16(35)36/h7-8H,1-6H2,(H,21,22)(H,23,24)(H,25,26)(H,27,28)(H,29,30)(H,31,32)(H,33,34)(H,35,36). The second kappa shape index (κ2) is 9.30. The number of rotatable bonds is 10. The summed E-state index contributed by atoms with van der Waals surface area (Å²) in [6.45, 7) is 0. The van der Waals surface area contributed by atoms with Gasteiger partial charge >= 0.3 is 47.8 Å². The fraction of sp³-hybridized carbons (Fsp3) is 0.600. The minimum atomic E-state index is -3.47. The first-order valence-corrected chi connectivity index (χ1v) is 10.4. The monoisotopic (exact) mass is 534 g/mol. The van der Waals surface area contributed by atoms with Gasteiger partial charge in [0.2, 0.25) is 0 Å². The van der Waals surface area contributed by atoms with Crippen LogP contribution >= 0.6 is 0 Å². The SMILES string of the molecule is O=C(O)C1(C(=O)O)CCC(OC2CCC(C(=O)O)(C(=O)O)C(C(=O)O)(C(=O)O)C2)CC1(C(=O)O)C(=O)O. The van der Waals surface area contributed by atoms with Crippen molar-refractivity contribution in [3.8, 4) is 0 Å². The third-order valence-electron chi connectivity index (χ3n) is 7.51. The maximum absolute atomic E-state index is 12.0. The molecule has 0 aromatic heterocycles. The maximum atomic E-state index is 12.0. The summed E-state index contributed by atoms with van der Waals surface area (Å²) in [4.78, 5) is 95.7. The van der Waals surface area contributed by atoms with E-state index < -0.39 is 120 Å². The van der Waals surface area contributed by atoms with Crippen LogP contribution in [0.3, 0.4) is 0 Å². The summed E-state index contributed by atoms with van der Waals surface area (Å²) < 4.78 is 5.52. The van der Waals surface area contributed by atoms with Gasteiger partial charge in [-0.3, -0.25) is 38.4 Å². The molecule has 17 heteroatoms. The van der Waals surface area contributed by atoms with Gasteiger partial charge in [-0.25, -0.2) is 0 Å². The highest BCUT2D eigenvalue weighted by Gasteiger charge is 2.75. The van der Waals surface area contributed by atoms with Gasteiger partial charge in [0.05, 0.1) is 12.2 Å². The van der Waals surface area contributed by atoms with E-state index in [0.29, 0.717) is 0 Å². The van der Waals surface area contributed by atoms with Gasteiger partial charge in [0, 0.05) is 12.8 Å². The molecule has 2 atom stereocenters. The Morgan fingerprint density at radius 1 is 0.432 bits per heavy atom. The zero-order valence-electron chi connectivity index (χ0n) is 18.6. The van der Waals surface area contributed by atoms with E-state index in [1.807, 2.05) is 0 Å². The third kappa shape index (κ3) is 3.64. The Morgan fingerprint density at radius 3 is 0.838 bits per heavy atom. The lowest BCUT2D eigenvalue weighted by molar-refractivity contribution is -0.216. The van der Waals surface area contributed by atoms with Gasteiger partial charge in [0.15, 0.2) is 21.7 Å². The predicted octanol–water partition coefficient (Wildman–Crippen LogP) is -1.27. The summed E-state index contributed by atoms with van der Waals surface area (Å²) in [5.41, 5.74) is -13.6. The molecule has 0 spiro atoms. The van der Waals surface area contributed by atoms with Gasteiger partial charge in [-0.2, -0.15) is 0 Å². The number of hydrogen-bond donors (Lipinski definition) is 8. The number of ether oxygens (including phenoxy) is 1. The van der Waals surface area contributed by atoms with Crippen LogP contribution in [0.2, 0.25) is 0 Å². The molecule has 2 aliphatic carbocycles. The zero-order valence-corrected chi connectivity index (χ0v) is 18.6. The minimum absolute atomic E-state index is 0.576. The molecule has 204 valence electrons. The van der Waals surface area contributed by atoms with E-state index in [2.05, 4.69) is 0 Å². The second-order valence-electron chi connectivity index (χ2n) is 8.93. The highest BCUT2D eigenvalue weighted by molar-refractivity contribution is 6.14. The van der Waals surface area contributed by atoms with Crippen molar-refractivity contribution in [3.05, 3.63) is 0 Å². The van der Waals surface area contributed by atoms with Crippen LogP contribution in [0, 0.1) is 21.7 Å². The molecule has 0 bridgehead atoms. The van der Waals surface area contributed by atoms with Gasteiger partial charge < -0.3 is 45.6 Å². The lowest BCUT2D eigenvalue weighted by Gasteiger charge is -2.48. The fourth-order valence-electron chi connectivity index (χ4n) is 5.53. The topological polar surface area (TPSA) is 308 Å². The normalized spacial score (nSPS) is 25.2. The smallest absolute Gasteiger partial charge is 0.322 e. The highest BCUT2D eigenvalue weighted by atomic mass is 16.5. The van der Waals surface area contributed by atoms with Crippen molar-refractivity contribution in [2.45, 2.75) is 50.7 Å². The van der Waals surface area contributed by atoms with Crippen molar-refractivity contribution < 1.29 is 83.9 Å². The Bertz CT molecular complexity index is 946. The Labute approximate surface area is 204 Å². The molecule has 0 amide bonds. The molecular formula is C20H22O17. The molecule has 0 aromatic carbocycles. The first-order valence-electron chi connectivity index (χ1n) is 10.4. The first kappa shape index (κ1) is 29.0. The van der Waals surface area contributed by atoms with E-state index in [1.165, 1.54) is 0 Å². The molecule has 2 unspecified atom stereocenters. The van der Waals surface area contributed by atoms with E-state index in [1.54, 1.807) is 0 Å². The highest BCUT2D eigenvalue weighted by Crippen LogP contribution is 2.56. The van der Waals surface area contributed by atoms with E-state index >= 15 is 0 Å². The van der Waals surface area contributed by atoms with Crippen molar-refractivity contribution in [2.24, 2.45) is 21.7 Å². The molecule has 0 heterocycles. The van der Waals surface area contributed by atoms with Gasteiger partial charge in [-0.1, -0.05) is 0 Å². The van der Waals surface area contributed by atoms with E-state index in [0.717, 1.165) is 0 Å². The summed E-state index contributed by atoms with van der Waals surface area (Å²) >= 11 is 0. The van der Waals surface area contributed by atoms with Crippen LogP contribution in [0.25, 0.3) is 0 Å². The molecule has 0 aliphatic heterocycles. The summed E-state index contributed by atoms with van der Waals surface area (Å²) in [7, 11) is 0. The van der Waals surface area contributed by atoms with Crippen LogP contribution < -0.4 is 0 Å². The summed E-state index contributed by atoms with van der Waals surface area (Å²) in [6.07, 6.45) is -8.90. The Hall–Kier alpha value is -4.28. The number of carbonyl (C=O) groups is 8. The molecule has 2 rings (SSSR count). The van der Waals surface area contributed by atoms with Gasteiger partial charge in [0.25, 0.3) is 0 Å². The second-order valence-corrected chi connectivity index (χ2v) is 8.93. The molecule has 0 saturated heterocycles. The number of aliphatic carboxylic acids is 8. The molecule has 2 aliphatic rings. The van der Waals surface area contributed by atoms with Crippen molar-refractivity contribution in [2.75, 3.05) is 0 Å². The largest absolute Gasteiger partial charge is 0.480 e. The summed E-state index contributed by atoms with van der Waals surface area (Å²) in [5, 5.41) is 77.0. The summed E-state index contributed by atoms with van der Waals surface area (Å²) in [6, 6.07) is 0. The number of hydrogen-bond acceptors (Lipinski definition) is 9. The molecule has 0 radical (unpaired) electrons. The van der Waals surface area contributed by atoms with E-state index in [-0.39, 0.29) is 0 Å². The van der Waals surface area contributed by atoms with E-state index in [9.17, 15) is 79.2 Å².